The molecule has 4 nitrogen and oxygen atoms in total. The van der Waals surface area contributed by atoms with Crippen LogP contribution in [0.25, 0.3) is 0 Å². The summed E-state index contributed by atoms with van der Waals surface area (Å²) in [6.45, 7) is 10.5. The minimum Gasteiger partial charge on any atom is -0.330 e. The van der Waals surface area contributed by atoms with E-state index in [1.807, 2.05) is 0 Å². The smallest absolute Gasteiger partial charge is 0.330 e. The van der Waals surface area contributed by atoms with E-state index in [9.17, 15) is 4.79 Å². The van der Waals surface area contributed by atoms with Crippen LogP contribution in [0.4, 0.5) is 10.5 Å². The molecule has 1 aromatic rings. The molecule has 0 unspecified atom stereocenters. The topological polar surface area (TPSA) is 44.4 Å². The number of anilines is 1. The zero-order valence-electron chi connectivity index (χ0n) is 12.4. The van der Waals surface area contributed by atoms with Crippen molar-refractivity contribution in [1.29, 1.82) is 0 Å². The standard InChI is InChI=1S/C14H23N3O/c1-8-9(2)11(4)13(12(5)10(8)3)15-16-14(18)17(6)7/h15H,1-7H3,(H,16,18). The van der Waals surface area contributed by atoms with E-state index >= 15 is 0 Å². The van der Waals surface area contributed by atoms with Crippen molar-refractivity contribution in [1.82, 2.24) is 10.3 Å². The molecule has 0 fully saturated rings. The lowest BCUT2D eigenvalue weighted by Gasteiger charge is -2.21. The Hall–Kier alpha value is -1.71. The van der Waals surface area contributed by atoms with Crippen molar-refractivity contribution in [2.75, 3.05) is 19.5 Å². The predicted octanol–water partition coefficient (Wildman–Crippen LogP) is 2.83. The first-order valence-corrected chi connectivity index (χ1v) is 6.07. The van der Waals surface area contributed by atoms with Crippen LogP contribution in [0.5, 0.6) is 0 Å². The highest BCUT2D eigenvalue weighted by molar-refractivity contribution is 5.76. The summed E-state index contributed by atoms with van der Waals surface area (Å²) in [6.07, 6.45) is 0. The van der Waals surface area contributed by atoms with Gasteiger partial charge in [0, 0.05) is 14.1 Å². The molecule has 0 spiro atoms. The molecule has 0 aliphatic carbocycles. The fourth-order valence-corrected chi connectivity index (χ4v) is 1.92. The van der Waals surface area contributed by atoms with Gasteiger partial charge in [0.05, 0.1) is 5.69 Å². The highest BCUT2D eigenvalue weighted by Gasteiger charge is 2.12. The summed E-state index contributed by atoms with van der Waals surface area (Å²) in [6, 6.07) is -0.162. The van der Waals surface area contributed by atoms with Gasteiger partial charge in [0.2, 0.25) is 0 Å². The predicted molar refractivity (Wildman–Crippen MR) is 76.0 cm³/mol. The molecule has 0 saturated heterocycles. The van der Waals surface area contributed by atoms with Crippen molar-refractivity contribution < 1.29 is 4.79 Å². The Labute approximate surface area is 109 Å². The third-order valence-corrected chi connectivity index (χ3v) is 3.70. The van der Waals surface area contributed by atoms with E-state index in [0.29, 0.717) is 0 Å². The van der Waals surface area contributed by atoms with E-state index in [-0.39, 0.29) is 6.03 Å². The van der Waals surface area contributed by atoms with Crippen LogP contribution in [-0.4, -0.2) is 25.0 Å². The molecule has 0 atom stereocenters. The third-order valence-electron chi connectivity index (χ3n) is 3.70. The average Bonchev–Trinajstić information content (AvgIpc) is 2.33. The molecular weight excluding hydrogens is 226 g/mol. The van der Waals surface area contributed by atoms with Crippen molar-refractivity contribution in [3.8, 4) is 0 Å². The Morgan fingerprint density at radius 2 is 1.22 bits per heavy atom. The zero-order valence-corrected chi connectivity index (χ0v) is 12.4. The molecule has 1 aromatic carbocycles. The van der Waals surface area contributed by atoms with Crippen molar-refractivity contribution >= 4 is 11.7 Å². The van der Waals surface area contributed by atoms with Crippen LogP contribution in [0.3, 0.4) is 0 Å². The minimum absolute atomic E-state index is 0.162. The largest absolute Gasteiger partial charge is 0.335 e. The Morgan fingerprint density at radius 1 is 0.833 bits per heavy atom. The average molecular weight is 249 g/mol. The summed E-state index contributed by atoms with van der Waals surface area (Å²) >= 11 is 0. The third kappa shape index (κ3) is 2.58. The Bertz CT molecular complexity index is 449. The van der Waals surface area contributed by atoms with E-state index in [0.717, 1.165) is 5.69 Å². The summed E-state index contributed by atoms with van der Waals surface area (Å²) in [5, 5.41) is 0. The molecule has 100 valence electrons. The maximum atomic E-state index is 11.5. The second-order valence-electron chi connectivity index (χ2n) is 4.95. The molecular formula is C14H23N3O. The lowest BCUT2D eigenvalue weighted by molar-refractivity contribution is 0.219. The molecule has 0 bridgehead atoms. The Kier molecular flexibility index (Phi) is 4.22. The molecule has 0 aliphatic rings. The van der Waals surface area contributed by atoms with Crippen LogP contribution in [0.1, 0.15) is 27.8 Å². The summed E-state index contributed by atoms with van der Waals surface area (Å²) in [5.74, 6) is 0. The fraction of sp³-hybridized carbons (Fsp3) is 0.500. The maximum Gasteiger partial charge on any atom is 0.335 e. The fourth-order valence-electron chi connectivity index (χ4n) is 1.92. The number of hydrazine groups is 1. The number of hydrogen-bond acceptors (Lipinski definition) is 2. The number of nitrogens with zero attached hydrogens (tertiary/aromatic N) is 1. The first-order chi connectivity index (χ1) is 8.27. The van der Waals surface area contributed by atoms with Crippen LogP contribution < -0.4 is 10.9 Å². The van der Waals surface area contributed by atoms with Crippen LogP contribution in [-0.2, 0) is 0 Å². The van der Waals surface area contributed by atoms with Crippen molar-refractivity contribution in [2.24, 2.45) is 0 Å². The molecule has 1 rings (SSSR count). The van der Waals surface area contributed by atoms with E-state index in [1.165, 1.54) is 32.7 Å². The zero-order chi connectivity index (χ0) is 14.0. The Balaban J connectivity index is 3.07. The molecule has 2 amide bonds. The number of benzene rings is 1. The Morgan fingerprint density at radius 3 is 1.61 bits per heavy atom. The maximum absolute atomic E-state index is 11.5. The molecule has 0 saturated carbocycles. The van der Waals surface area contributed by atoms with E-state index in [4.69, 9.17) is 0 Å². The second kappa shape index (κ2) is 5.29. The molecule has 0 aromatic heterocycles. The van der Waals surface area contributed by atoms with Crippen molar-refractivity contribution in [3.63, 3.8) is 0 Å². The van der Waals surface area contributed by atoms with Crippen LogP contribution in [0, 0.1) is 34.6 Å². The summed E-state index contributed by atoms with van der Waals surface area (Å²) in [4.78, 5) is 13.0. The molecule has 0 heterocycles. The van der Waals surface area contributed by atoms with Crippen molar-refractivity contribution in [2.45, 2.75) is 34.6 Å². The van der Waals surface area contributed by atoms with Gasteiger partial charge in [-0.1, -0.05) is 0 Å². The summed E-state index contributed by atoms with van der Waals surface area (Å²) in [5.41, 5.74) is 12.9. The van der Waals surface area contributed by atoms with Crippen LogP contribution >= 0.6 is 0 Å². The number of urea groups is 1. The van der Waals surface area contributed by atoms with Gasteiger partial charge in [-0.2, -0.15) is 0 Å². The summed E-state index contributed by atoms with van der Waals surface area (Å²) < 4.78 is 0. The number of nitrogens with one attached hydrogen (secondary N) is 2. The van der Waals surface area contributed by atoms with Gasteiger partial charge < -0.3 is 4.90 Å². The highest BCUT2D eigenvalue weighted by Crippen LogP contribution is 2.29. The van der Waals surface area contributed by atoms with E-state index < -0.39 is 0 Å². The number of amides is 2. The number of carbonyl (C=O) groups is 1. The lowest BCUT2D eigenvalue weighted by Crippen LogP contribution is -2.38. The molecule has 4 heteroatoms. The van der Waals surface area contributed by atoms with Gasteiger partial charge in [0.1, 0.15) is 0 Å². The second-order valence-corrected chi connectivity index (χ2v) is 4.95. The SMILES string of the molecule is Cc1c(C)c(C)c(NNC(=O)N(C)C)c(C)c1C. The van der Waals surface area contributed by atoms with Gasteiger partial charge >= 0.3 is 6.03 Å². The van der Waals surface area contributed by atoms with Gasteiger partial charge in [0.15, 0.2) is 0 Å². The first kappa shape index (κ1) is 14.4. The number of rotatable bonds is 2. The van der Waals surface area contributed by atoms with Gasteiger partial charge in [-0.3, -0.25) is 10.9 Å². The van der Waals surface area contributed by atoms with Crippen molar-refractivity contribution in [3.05, 3.63) is 27.8 Å². The summed E-state index contributed by atoms with van der Waals surface area (Å²) in [7, 11) is 3.42. The van der Waals surface area contributed by atoms with Crippen LogP contribution in [0.2, 0.25) is 0 Å². The quantitative estimate of drug-likeness (QED) is 0.792. The number of carbonyl (C=O) groups excluding carboxylic acids is 1. The van der Waals surface area contributed by atoms with Gasteiger partial charge in [-0.25, -0.2) is 4.79 Å². The van der Waals surface area contributed by atoms with Gasteiger partial charge in [0.25, 0.3) is 0 Å². The highest BCUT2D eigenvalue weighted by atomic mass is 16.2. The first-order valence-electron chi connectivity index (χ1n) is 6.07. The van der Waals surface area contributed by atoms with Gasteiger partial charge in [-0.05, 0) is 62.4 Å². The van der Waals surface area contributed by atoms with E-state index in [1.54, 1.807) is 14.1 Å². The van der Waals surface area contributed by atoms with Gasteiger partial charge in [-0.15, -0.1) is 0 Å². The van der Waals surface area contributed by atoms with E-state index in [2.05, 4.69) is 45.5 Å². The monoisotopic (exact) mass is 249 g/mol. The molecule has 0 aliphatic heterocycles. The molecule has 0 radical (unpaired) electrons. The lowest BCUT2D eigenvalue weighted by atomic mass is 9.93. The molecule has 18 heavy (non-hydrogen) atoms. The number of hydrogen-bond donors (Lipinski definition) is 2. The minimum atomic E-state index is -0.162. The molecule has 2 N–H and O–H groups in total. The normalized spacial score (nSPS) is 10.2. The van der Waals surface area contributed by atoms with Crippen LogP contribution in [0.15, 0.2) is 0 Å².